The van der Waals surface area contributed by atoms with Crippen molar-refractivity contribution in [3.8, 4) is 0 Å². The van der Waals surface area contributed by atoms with Gasteiger partial charge in [0.05, 0.1) is 5.41 Å². The summed E-state index contributed by atoms with van der Waals surface area (Å²) in [6.07, 6.45) is 4.87. The lowest BCUT2D eigenvalue weighted by molar-refractivity contribution is -0.146. The Morgan fingerprint density at radius 2 is 1.63 bits per heavy atom. The lowest BCUT2D eigenvalue weighted by atomic mass is 9.94. The van der Waals surface area contributed by atoms with Gasteiger partial charge >= 0.3 is 12.0 Å². The summed E-state index contributed by atoms with van der Waals surface area (Å²) >= 11 is 0. The monoisotopic (exact) mass is 268 g/mol. The minimum atomic E-state index is -0.916. The molecule has 2 saturated carbocycles. The van der Waals surface area contributed by atoms with Crippen molar-refractivity contribution in [3.63, 3.8) is 0 Å². The second-order valence-corrected chi connectivity index (χ2v) is 6.64. The number of nitrogens with one attached hydrogen (secondary N) is 1. The molecule has 108 valence electrons. The zero-order chi connectivity index (χ0) is 14.0. The Balaban J connectivity index is 1.81. The highest BCUT2D eigenvalue weighted by Crippen LogP contribution is 2.33. The van der Waals surface area contributed by atoms with Gasteiger partial charge in [0.15, 0.2) is 0 Å². The standard InChI is InChI=1S/C14H24N2O3/c1-14(2,12(17)18)9-15-13(19)16(7-10-3-4-10)8-11-5-6-11/h10-11H,3-9H2,1-2H3,(H,15,19)(H,17,18). The lowest BCUT2D eigenvalue weighted by Crippen LogP contribution is -2.46. The molecule has 2 N–H and O–H groups in total. The molecule has 2 aliphatic rings. The summed E-state index contributed by atoms with van der Waals surface area (Å²) in [7, 11) is 0. The fourth-order valence-corrected chi connectivity index (χ4v) is 1.95. The number of rotatable bonds is 7. The van der Waals surface area contributed by atoms with Crippen molar-refractivity contribution in [3.05, 3.63) is 0 Å². The van der Waals surface area contributed by atoms with E-state index in [4.69, 9.17) is 5.11 Å². The van der Waals surface area contributed by atoms with Gasteiger partial charge in [0.1, 0.15) is 0 Å². The number of carboxylic acids is 1. The molecule has 0 spiro atoms. The first-order chi connectivity index (χ1) is 8.88. The molecule has 2 rings (SSSR count). The van der Waals surface area contributed by atoms with Crippen LogP contribution in [0.15, 0.2) is 0 Å². The highest BCUT2D eigenvalue weighted by molar-refractivity contribution is 5.77. The van der Waals surface area contributed by atoms with Crippen molar-refractivity contribution in [1.29, 1.82) is 0 Å². The average molecular weight is 268 g/mol. The van der Waals surface area contributed by atoms with E-state index in [0.717, 1.165) is 13.1 Å². The third-order valence-electron chi connectivity index (χ3n) is 3.90. The minimum Gasteiger partial charge on any atom is -0.481 e. The van der Waals surface area contributed by atoms with Gasteiger partial charge in [-0.05, 0) is 51.4 Å². The fourth-order valence-electron chi connectivity index (χ4n) is 1.95. The molecule has 0 radical (unpaired) electrons. The zero-order valence-electron chi connectivity index (χ0n) is 11.8. The van der Waals surface area contributed by atoms with E-state index >= 15 is 0 Å². The predicted octanol–water partition coefficient (Wildman–Crippen LogP) is 1.93. The molecular formula is C14H24N2O3. The lowest BCUT2D eigenvalue weighted by Gasteiger charge is -2.26. The Hall–Kier alpha value is -1.26. The molecule has 2 aliphatic carbocycles. The minimum absolute atomic E-state index is 0.104. The van der Waals surface area contributed by atoms with Crippen LogP contribution in [0.4, 0.5) is 4.79 Å². The van der Waals surface area contributed by atoms with Gasteiger partial charge < -0.3 is 15.3 Å². The number of amides is 2. The molecule has 0 aliphatic heterocycles. The van der Waals surface area contributed by atoms with E-state index < -0.39 is 11.4 Å². The first-order valence-corrected chi connectivity index (χ1v) is 7.14. The number of hydrogen-bond donors (Lipinski definition) is 2. The summed E-state index contributed by atoms with van der Waals surface area (Å²) in [5.74, 6) is 0.442. The van der Waals surface area contributed by atoms with Crippen LogP contribution in [0.3, 0.4) is 0 Å². The van der Waals surface area contributed by atoms with Crippen molar-refractivity contribution in [1.82, 2.24) is 10.2 Å². The number of carbonyl (C=O) groups excluding carboxylic acids is 1. The van der Waals surface area contributed by atoms with Crippen LogP contribution >= 0.6 is 0 Å². The van der Waals surface area contributed by atoms with Crippen molar-refractivity contribution in [2.45, 2.75) is 39.5 Å². The first kappa shape index (κ1) is 14.2. The topological polar surface area (TPSA) is 69.6 Å². The van der Waals surface area contributed by atoms with Gasteiger partial charge in [-0.15, -0.1) is 0 Å². The Morgan fingerprint density at radius 1 is 1.16 bits per heavy atom. The Labute approximate surface area is 114 Å². The molecule has 5 heteroatoms. The third kappa shape index (κ3) is 4.40. The number of aliphatic carboxylic acids is 1. The SMILES string of the molecule is CC(C)(CNC(=O)N(CC1CC1)CC1CC1)C(=O)O. The van der Waals surface area contributed by atoms with E-state index in [0.29, 0.717) is 11.8 Å². The van der Waals surface area contributed by atoms with E-state index in [1.807, 2.05) is 4.90 Å². The Kier molecular flexibility index (Phi) is 4.02. The maximum atomic E-state index is 12.2. The summed E-state index contributed by atoms with van der Waals surface area (Å²) in [5, 5.41) is 11.8. The van der Waals surface area contributed by atoms with Crippen molar-refractivity contribution in [2.75, 3.05) is 19.6 Å². The maximum Gasteiger partial charge on any atom is 0.317 e. The normalized spacial score (nSPS) is 19.1. The quantitative estimate of drug-likeness (QED) is 0.741. The summed E-state index contributed by atoms with van der Waals surface area (Å²) < 4.78 is 0. The number of hydrogen-bond acceptors (Lipinski definition) is 2. The van der Waals surface area contributed by atoms with Crippen LogP contribution in [0.5, 0.6) is 0 Å². The van der Waals surface area contributed by atoms with Crippen LogP contribution in [0.25, 0.3) is 0 Å². The van der Waals surface area contributed by atoms with Gasteiger partial charge in [0, 0.05) is 19.6 Å². The van der Waals surface area contributed by atoms with Crippen molar-refractivity contribution < 1.29 is 14.7 Å². The van der Waals surface area contributed by atoms with Crippen LogP contribution in [0.1, 0.15) is 39.5 Å². The largest absolute Gasteiger partial charge is 0.481 e. The van der Waals surface area contributed by atoms with E-state index in [1.165, 1.54) is 25.7 Å². The summed E-state index contributed by atoms with van der Waals surface area (Å²) in [5.41, 5.74) is -0.916. The molecule has 0 saturated heterocycles. The van der Waals surface area contributed by atoms with Crippen LogP contribution in [0.2, 0.25) is 0 Å². The molecular weight excluding hydrogens is 244 g/mol. The highest BCUT2D eigenvalue weighted by Gasteiger charge is 2.33. The summed E-state index contributed by atoms with van der Waals surface area (Å²) in [4.78, 5) is 25.1. The molecule has 5 nitrogen and oxygen atoms in total. The van der Waals surface area contributed by atoms with Gasteiger partial charge in [0.2, 0.25) is 0 Å². The summed E-state index contributed by atoms with van der Waals surface area (Å²) in [6, 6.07) is -0.104. The van der Waals surface area contributed by atoms with Crippen LogP contribution < -0.4 is 5.32 Å². The molecule has 2 amide bonds. The van der Waals surface area contributed by atoms with E-state index in [2.05, 4.69) is 5.32 Å². The molecule has 0 heterocycles. The average Bonchev–Trinajstić information content (AvgIpc) is 3.19. The second kappa shape index (κ2) is 5.39. The molecule has 19 heavy (non-hydrogen) atoms. The van der Waals surface area contributed by atoms with Gasteiger partial charge in [-0.3, -0.25) is 4.79 Å². The van der Waals surface area contributed by atoms with Crippen LogP contribution in [-0.4, -0.2) is 41.6 Å². The smallest absolute Gasteiger partial charge is 0.317 e. The zero-order valence-corrected chi connectivity index (χ0v) is 11.8. The highest BCUT2D eigenvalue weighted by atomic mass is 16.4. The van der Waals surface area contributed by atoms with Gasteiger partial charge in [-0.1, -0.05) is 0 Å². The predicted molar refractivity (Wildman–Crippen MR) is 71.8 cm³/mol. The number of carbonyl (C=O) groups is 2. The van der Waals surface area contributed by atoms with Gasteiger partial charge in [-0.25, -0.2) is 4.79 Å². The van der Waals surface area contributed by atoms with Gasteiger partial charge in [-0.2, -0.15) is 0 Å². The van der Waals surface area contributed by atoms with Crippen molar-refractivity contribution >= 4 is 12.0 Å². The van der Waals surface area contributed by atoms with E-state index in [-0.39, 0.29) is 12.6 Å². The number of nitrogens with zero attached hydrogens (tertiary/aromatic N) is 1. The van der Waals surface area contributed by atoms with Gasteiger partial charge in [0.25, 0.3) is 0 Å². The number of urea groups is 1. The molecule has 0 aromatic carbocycles. The molecule has 0 aromatic heterocycles. The van der Waals surface area contributed by atoms with Crippen molar-refractivity contribution in [2.24, 2.45) is 17.3 Å². The Bertz CT molecular complexity index is 346. The maximum absolute atomic E-state index is 12.2. The van der Waals surface area contributed by atoms with E-state index in [1.54, 1.807) is 13.8 Å². The molecule has 0 bridgehead atoms. The number of carboxylic acid groups (broad SMARTS) is 1. The van der Waals surface area contributed by atoms with Crippen LogP contribution in [-0.2, 0) is 4.79 Å². The molecule has 0 unspecified atom stereocenters. The third-order valence-corrected chi connectivity index (χ3v) is 3.90. The fraction of sp³-hybridized carbons (Fsp3) is 0.857. The van der Waals surface area contributed by atoms with Crippen LogP contribution in [0, 0.1) is 17.3 Å². The first-order valence-electron chi connectivity index (χ1n) is 7.14. The Morgan fingerprint density at radius 3 is 2.00 bits per heavy atom. The molecule has 0 aromatic rings. The summed E-state index contributed by atoms with van der Waals surface area (Å²) in [6.45, 7) is 5.09. The molecule has 0 atom stereocenters. The van der Waals surface area contributed by atoms with E-state index in [9.17, 15) is 9.59 Å². The molecule has 2 fully saturated rings. The second-order valence-electron chi connectivity index (χ2n) is 6.64.